The quantitative estimate of drug-likeness (QED) is 0.304. The Kier molecular flexibility index (Phi) is 8.09. The van der Waals surface area contributed by atoms with E-state index in [9.17, 15) is 13.2 Å². The minimum absolute atomic E-state index is 0.130. The van der Waals surface area contributed by atoms with Gasteiger partial charge in [0.15, 0.2) is 0 Å². The minimum atomic E-state index is -3.58. The first-order valence-electron chi connectivity index (χ1n) is 14.8. The highest BCUT2D eigenvalue weighted by Crippen LogP contribution is 2.59. The summed E-state index contributed by atoms with van der Waals surface area (Å²) in [5.74, 6) is 1.26. The van der Waals surface area contributed by atoms with Gasteiger partial charge in [-0.3, -0.25) is 4.90 Å². The van der Waals surface area contributed by atoms with E-state index in [2.05, 4.69) is 30.1 Å². The SMILES string of the molecule is CC1(C)C2CC=C(CN(CCN3CCN(S(=O)(=O)c4ccc5ccccc5c4)CC3)C(=O)Nc3ccc(Cl)cc3)C1C2. The maximum Gasteiger partial charge on any atom is 0.322 e. The number of allylic oxidation sites excluding steroid dienone is 1. The average molecular weight is 607 g/mol. The van der Waals surface area contributed by atoms with Crippen molar-refractivity contribution in [3.8, 4) is 0 Å². The molecule has 2 amide bonds. The molecule has 4 aliphatic rings. The van der Waals surface area contributed by atoms with Gasteiger partial charge in [-0.15, -0.1) is 0 Å². The van der Waals surface area contributed by atoms with E-state index in [0.29, 0.717) is 67.3 Å². The van der Waals surface area contributed by atoms with Crippen molar-refractivity contribution < 1.29 is 13.2 Å². The molecule has 1 heterocycles. The van der Waals surface area contributed by atoms with Crippen LogP contribution in [-0.4, -0.2) is 74.4 Å². The number of nitrogens with zero attached hydrogens (tertiary/aromatic N) is 3. The lowest BCUT2D eigenvalue weighted by Crippen LogP contribution is -2.52. The number of fused-ring (bicyclic) bond motifs is 2. The number of amides is 2. The highest BCUT2D eigenvalue weighted by Gasteiger charge is 2.51. The number of hydrogen-bond acceptors (Lipinski definition) is 4. The van der Waals surface area contributed by atoms with Crippen LogP contribution in [-0.2, 0) is 10.0 Å². The van der Waals surface area contributed by atoms with Crippen LogP contribution in [0.25, 0.3) is 10.8 Å². The lowest BCUT2D eigenvalue weighted by Gasteiger charge is -2.57. The number of carbonyl (C=O) groups is 1. The molecule has 2 bridgehead atoms. The van der Waals surface area contributed by atoms with Crippen molar-refractivity contribution in [3.63, 3.8) is 0 Å². The van der Waals surface area contributed by atoms with Crippen LogP contribution in [0.3, 0.4) is 0 Å². The van der Waals surface area contributed by atoms with Crippen molar-refractivity contribution in [1.82, 2.24) is 14.1 Å². The lowest BCUT2D eigenvalue weighted by molar-refractivity contribution is -0.00967. The highest BCUT2D eigenvalue weighted by atomic mass is 35.5. The van der Waals surface area contributed by atoms with Gasteiger partial charge >= 0.3 is 6.03 Å². The Labute approximate surface area is 254 Å². The molecule has 2 unspecified atom stereocenters. The van der Waals surface area contributed by atoms with Crippen LogP contribution < -0.4 is 5.32 Å². The van der Waals surface area contributed by atoms with Gasteiger partial charge < -0.3 is 10.2 Å². The molecule has 0 aromatic heterocycles. The van der Waals surface area contributed by atoms with Crippen molar-refractivity contribution in [2.75, 3.05) is 51.1 Å². The summed E-state index contributed by atoms with van der Waals surface area (Å²) in [6.45, 7) is 8.65. The van der Waals surface area contributed by atoms with Crippen molar-refractivity contribution in [2.24, 2.45) is 17.3 Å². The molecule has 3 aromatic carbocycles. The topological polar surface area (TPSA) is 73.0 Å². The summed E-state index contributed by atoms with van der Waals surface area (Å²) in [7, 11) is -3.58. The van der Waals surface area contributed by atoms with Crippen molar-refractivity contribution in [1.29, 1.82) is 0 Å². The third kappa shape index (κ3) is 5.82. The van der Waals surface area contributed by atoms with E-state index in [1.165, 1.54) is 12.0 Å². The third-order valence-corrected chi connectivity index (χ3v) is 11.9. The molecule has 222 valence electrons. The fourth-order valence-corrected chi connectivity index (χ4v) is 8.38. The number of hydrogen-bond donors (Lipinski definition) is 1. The van der Waals surface area contributed by atoms with E-state index in [0.717, 1.165) is 23.1 Å². The van der Waals surface area contributed by atoms with Crippen LogP contribution in [0.2, 0.25) is 5.02 Å². The van der Waals surface area contributed by atoms with E-state index in [1.54, 1.807) is 28.6 Å². The van der Waals surface area contributed by atoms with Crippen LogP contribution in [0, 0.1) is 17.3 Å². The average Bonchev–Trinajstić information content (AvgIpc) is 3.00. The first kappa shape index (κ1) is 29.2. The molecule has 1 saturated carbocycles. The monoisotopic (exact) mass is 606 g/mol. The van der Waals surface area contributed by atoms with Crippen LogP contribution in [0.1, 0.15) is 26.7 Å². The zero-order chi connectivity index (χ0) is 29.5. The van der Waals surface area contributed by atoms with Gasteiger partial charge in [-0.25, -0.2) is 13.2 Å². The van der Waals surface area contributed by atoms with Crippen LogP contribution in [0.4, 0.5) is 10.5 Å². The highest BCUT2D eigenvalue weighted by molar-refractivity contribution is 7.89. The fraction of sp³-hybridized carbons (Fsp3) is 0.424. The standard InChI is InChI=1S/C33H39ClN4O3S/c1-33(2)27-9-7-26(31(33)22-27)23-37(32(39)35-29-12-10-28(34)11-13-29)18-15-36-16-19-38(20-17-36)42(40,41)30-14-8-24-5-3-4-6-25(24)21-30/h3-8,10-14,21,27,31H,9,15-20,22-23H2,1-2H3,(H,35,39). The molecule has 3 aliphatic carbocycles. The largest absolute Gasteiger partial charge is 0.322 e. The summed E-state index contributed by atoms with van der Waals surface area (Å²) in [4.78, 5) is 18.0. The number of piperazine rings is 1. The molecule has 0 radical (unpaired) electrons. The van der Waals surface area contributed by atoms with Gasteiger partial charge in [0.25, 0.3) is 0 Å². The second-order valence-electron chi connectivity index (χ2n) is 12.4. The predicted octanol–water partition coefficient (Wildman–Crippen LogP) is 6.33. The maximum absolute atomic E-state index is 13.5. The molecule has 1 N–H and O–H groups in total. The maximum atomic E-state index is 13.5. The van der Waals surface area contributed by atoms with Crippen LogP contribution >= 0.6 is 11.6 Å². The van der Waals surface area contributed by atoms with Gasteiger partial charge in [-0.1, -0.05) is 67.4 Å². The van der Waals surface area contributed by atoms with Crippen LogP contribution in [0.15, 0.2) is 83.3 Å². The van der Waals surface area contributed by atoms with Gasteiger partial charge in [0.2, 0.25) is 10.0 Å². The number of carbonyl (C=O) groups excluding carboxylic acids is 1. The van der Waals surface area contributed by atoms with Crippen molar-refractivity contribution >= 4 is 44.1 Å². The normalized spacial score (nSPS) is 22.3. The van der Waals surface area contributed by atoms with Crippen molar-refractivity contribution in [3.05, 3.63) is 83.4 Å². The third-order valence-electron chi connectivity index (χ3n) is 9.71. The molecular weight excluding hydrogens is 568 g/mol. The summed E-state index contributed by atoms with van der Waals surface area (Å²) < 4.78 is 28.4. The number of rotatable bonds is 8. The number of sulfonamides is 1. The van der Waals surface area contributed by atoms with Gasteiger partial charge in [-0.2, -0.15) is 4.31 Å². The summed E-state index contributed by atoms with van der Waals surface area (Å²) in [5.41, 5.74) is 2.36. The molecule has 3 aromatic rings. The zero-order valence-electron chi connectivity index (χ0n) is 24.3. The molecule has 0 spiro atoms. The Morgan fingerprint density at radius 1 is 1.00 bits per heavy atom. The van der Waals surface area contributed by atoms with Crippen molar-refractivity contribution in [2.45, 2.75) is 31.6 Å². The number of anilines is 1. The van der Waals surface area contributed by atoms with E-state index < -0.39 is 10.0 Å². The van der Waals surface area contributed by atoms with E-state index in [4.69, 9.17) is 11.6 Å². The number of nitrogens with one attached hydrogen (secondary N) is 1. The predicted molar refractivity (Wildman–Crippen MR) is 169 cm³/mol. The number of urea groups is 1. The minimum Gasteiger partial charge on any atom is -0.319 e. The number of benzene rings is 3. The van der Waals surface area contributed by atoms with E-state index in [-0.39, 0.29) is 11.4 Å². The second kappa shape index (κ2) is 11.6. The molecule has 1 saturated heterocycles. The molecule has 9 heteroatoms. The van der Waals surface area contributed by atoms with Gasteiger partial charge in [0.1, 0.15) is 0 Å². The molecule has 2 fully saturated rings. The number of halogens is 1. The summed E-state index contributed by atoms with van der Waals surface area (Å²) >= 11 is 6.04. The lowest BCUT2D eigenvalue weighted by atomic mass is 9.49. The Bertz CT molecular complexity index is 1600. The first-order valence-corrected chi connectivity index (χ1v) is 16.6. The molecular formula is C33H39ClN4O3S. The Morgan fingerprint density at radius 2 is 1.71 bits per heavy atom. The van der Waals surface area contributed by atoms with Crippen LogP contribution in [0.5, 0.6) is 0 Å². The molecule has 7 rings (SSSR count). The van der Waals surface area contributed by atoms with Gasteiger partial charge in [0.05, 0.1) is 4.90 Å². The molecule has 7 nitrogen and oxygen atoms in total. The second-order valence-corrected chi connectivity index (χ2v) is 14.8. The van der Waals surface area contributed by atoms with Gasteiger partial charge in [0, 0.05) is 56.5 Å². The summed E-state index contributed by atoms with van der Waals surface area (Å²) in [6.07, 6.45) is 4.64. The smallest absolute Gasteiger partial charge is 0.319 e. The first-order chi connectivity index (χ1) is 20.1. The molecule has 42 heavy (non-hydrogen) atoms. The van der Waals surface area contributed by atoms with E-state index >= 15 is 0 Å². The van der Waals surface area contributed by atoms with Gasteiger partial charge in [-0.05, 0) is 77.3 Å². The zero-order valence-corrected chi connectivity index (χ0v) is 25.9. The fourth-order valence-electron chi connectivity index (χ4n) is 6.80. The van der Waals surface area contributed by atoms with E-state index in [1.807, 2.05) is 47.4 Å². The Hall–Kier alpha value is -2.91. The Morgan fingerprint density at radius 3 is 2.40 bits per heavy atom. The summed E-state index contributed by atoms with van der Waals surface area (Å²) in [5, 5.41) is 5.62. The Balaban J connectivity index is 1.09. The summed E-state index contributed by atoms with van der Waals surface area (Å²) in [6, 6.07) is 20.2. The molecule has 2 atom stereocenters. The molecule has 1 aliphatic heterocycles.